The largest absolute Gasteiger partial charge is 0.493 e. The first-order valence-corrected chi connectivity index (χ1v) is 5.49. The Bertz CT molecular complexity index is 398. The van der Waals surface area contributed by atoms with Gasteiger partial charge in [0.2, 0.25) is 0 Å². The molecule has 1 unspecified atom stereocenters. The molecule has 0 saturated carbocycles. The molecule has 0 saturated heterocycles. The standard InChI is InChI=1S/C13H18O4/c1-8(2)12(13(14)15)17-10-6-5-9(3)7-11(10)16-4/h5-8,12H,1-4H3,(H,14,15). The van der Waals surface area contributed by atoms with Crippen LogP contribution in [-0.4, -0.2) is 24.3 Å². The molecule has 0 amide bonds. The van der Waals surface area contributed by atoms with Gasteiger partial charge in [-0.05, 0) is 24.6 Å². The summed E-state index contributed by atoms with van der Waals surface area (Å²) in [5.74, 6) is -0.0720. The van der Waals surface area contributed by atoms with E-state index in [2.05, 4.69) is 0 Å². The molecule has 4 nitrogen and oxygen atoms in total. The molecule has 0 radical (unpaired) electrons. The average molecular weight is 238 g/mol. The fraction of sp³-hybridized carbons (Fsp3) is 0.462. The molecule has 1 aromatic carbocycles. The molecule has 4 heteroatoms. The van der Waals surface area contributed by atoms with Crippen LogP contribution in [0.2, 0.25) is 0 Å². The summed E-state index contributed by atoms with van der Waals surface area (Å²) >= 11 is 0. The van der Waals surface area contributed by atoms with Gasteiger partial charge in [0.25, 0.3) is 0 Å². The molecule has 0 aromatic heterocycles. The van der Waals surface area contributed by atoms with Gasteiger partial charge in [0.1, 0.15) is 0 Å². The van der Waals surface area contributed by atoms with Crippen molar-refractivity contribution >= 4 is 5.97 Å². The highest BCUT2D eigenvalue weighted by atomic mass is 16.5. The number of hydrogen-bond donors (Lipinski definition) is 1. The summed E-state index contributed by atoms with van der Waals surface area (Å²) in [6.45, 7) is 5.54. The van der Waals surface area contributed by atoms with Gasteiger partial charge in [-0.1, -0.05) is 19.9 Å². The molecule has 0 spiro atoms. The lowest BCUT2D eigenvalue weighted by Crippen LogP contribution is -2.32. The van der Waals surface area contributed by atoms with Crippen LogP contribution in [0.3, 0.4) is 0 Å². The van der Waals surface area contributed by atoms with Crippen molar-refractivity contribution in [3.05, 3.63) is 23.8 Å². The van der Waals surface area contributed by atoms with Gasteiger partial charge in [0.15, 0.2) is 17.6 Å². The lowest BCUT2D eigenvalue weighted by atomic mass is 10.1. The fourth-order valence-corrected chi connectivity index (χ4v) is 1.48. The van der Waals surface area contributed by atoms with E-state index in [-0.39, 0.29) is 5.92 Å². The van der Waals surface area contributed by atoms with Crippen LogP contribution in [0.4, 0.5) is 0 Å². The summed E-state index contributed by atoms with van der Waals surface area (Å²) in [7, 11) is 1.53. The first-order valence-electron chi connectivity index (χ1n) is 5.49. The number of benzene rings is 1. The number of methoxy groups -OCH3 is 1. The molecule has 0 aliphatic heterocycles. The number of carbonyl (C=O) groups is 1. The van der Waals surface area contributed by atoms with Gasteiger partial charge in [0, 0.05) is 5.92 Å². The van der Waals surface area contributed by atoms with Crippen molar-refractivity contribution in [3.8, 4) is 11.5 Å². The third kappa shape index (κ3) is 3.37. The van der Waals surface area contributed by atoms with Crippen LogP contribution in [0.5, 0.6) is 11.5 Å². The molecular weight excluding hydrogens is 220 g/mol. The number of aryl methyl sites for hydroxylation is 1. The first-order chi connectivity index (χ1) is 7.95. The van der Waals surface area contributed by atoms with Gasteiger partial charge >= 0.3 is 5.97 Å². The van der Waals surface area contributed by atoms with Gasteiger partial charge in [-0.25, -0.2) is 4.79 Å². The van der Waals surface area contributed by atoms with Crippen LogP contribution >= 0.6 is 0 Å². The number of rotatable bonds is 5. The minimum absolute atomic E-state index is 0.112. The molecule has 0 aliphatic carbocycles. The van der Waals surface area contributed by atoms with E-state index in [0.29, 0.717) is 11.5 Å². The van der Waals surface area contributed by atoms with E-state index in [4.69, 9.17) is 14.6 Å². The Balaban J connectivity index is 2.96. The van der Waals surface area contributed by atoms with E-state index in [0.717, 1.165) is 5.56 Å². The molecule has 1 atom stereocenters. The van der Waals surface area contributed by atoms with E-state index in [9.17, 15) is 4.79 Å². The topological polar surface area (TPSA) is 55.8 Å². The average Bonchev–Trinajstić information content (AvgIpc) is 2.26. The molecule has 1 rings (SSSR count). The number of carboxylic acids is 1. The second kappa shape index (κ2) is 5.57. The minimum atomic E-state index is -0.970. The zero-order valence-electron chi connectivity index (χ0n) is 10.6. The Labute approximate surface area is 101 Å². The van der Waals surface area contributed by atoms with E-state index in [1.165, 1.54) is 7.11 Å². The van der Waals surface area contributed by atoms with E-state index >= 15 is 0 Å². The molecule has 0 heterocycles. The van der Waals surface area contributed by atoms with Gasteiger partial charge in [0.05, 0.1) is 7.11 Å². The van der Waals surface area contributed by atoms with Crippen LogP contribution in [0, 0.1) is 12.8 Å². The Morgan fingerprint density at radius 2 is 1.94 bits per heavy atom. The predicted molar refractivity (Wildman–Crippen MR) is 64.6 cm³/mol. The second-order valence-corrected chi connectivity index (χ2v) is 4.28. The first kappa shape index (κ1) is 13.4. The van der Waals surface area contributed by atoms with E-state index in [1.807, 2.05) is 19.1 Å². The van der Waals surface area contributed by atoms with Crippen LogP contribution in [0.25, 0.3) is 0 Å². The molecule has 1 N–H and O–H groups in total. The smallest absolute Gasteiger partial charge is 0.345 e. The summed E-state index contributed by atoms with van der Waals surface area (Å²) in [6.07, 6.45) is -0.869. The molecule has 0 aliphatic rings. The third-order valence-corrected chi connectivity index (χ3v) is 2.42. The number of ether oxygens (including phenoxy) is 2. The lowest BCUT2D eigenvalue weighted by Gasteiger charge is -2.20. The highest BCUT2D eigenvalue weighted by Gasteiger charge is 2.24. The van der Waals surface area contributed by atoms with Crippen LogP contribution in [-0.2, 0) is 4.79 Å². The van der Waals surface area contributed by atoms with Crippen LogP contribution in [0.1, 0.15) is 19.4 Å². The highest BCUT2D eigenvalue weighted by Crippen LogP contribution is 2.29. The van der Waals surface area contributed by atoms with Crippen molar-refractivity contribution in [2.24, 2.45) is 5.92 Å². The maximum Gasteiger partial charge on any atom is 0.345 e. The maximum absolute atomic E-state index is 11.0. The van der Waals surface area contributed by atoms with Crippen molar-refractivity contribution < 1.29 is 19.4 Å². The molecule has 17 heavy (non-hydrogen) atoms. The SMILES string of the molecule is COc1cc(C)ccc1OC(C(=O)O)C(C)C. The van der Waals surface area contributed by atoms with Gasteiger partial charge in [-0.2, -0.15) is 0 Å². The molecular formula is C13H18O4. The second-order valence-electron chi connectivity index (χ2n) is 4.28. The monoisotopic (exact) mass is 238 g/mol. The maximum atomic E-state index is 11.0. The van der Waals surface area contributed by atoms with Gasteiger partial charge in [-0.15, -0.1) is 0 Å². The van der Waals surface area contributed by atoms with Crippen LogP contribution < -0.4 is 9.47 Å². The summed E-state index contributed by atoms with van der Waals surface area (Å²) < 4.78 is 10.7. The summed E-state index contributed by atoms with van der Waals surface area (Å²) in [6, 6.07) is 5.40. The number of carboxylic acid groups (broad SMARTS) is 1. The van der Waals surface area contributed by atoms with E-state index < -0.39 is 12.1 Å². The summed E-state index contributed by atoms with van der Waals surface area (Å²) in [4.78, 5) is 11.0. The molecule has 94 valence electrons. The summed E-state index contributed by atoms with van der Waals surface area (Å²) in [5.41, 5.74) is 1.03. The van der Waals surface area contributed by atoms with Crippen molar-refractivity contribution in [3.63, 3.8) is 0 Å². The van der Waals surface area contributed by atoms with Crippen molar-refractivity contribution in [2.75, 3.05) is 7.11 Å². The minimum Gasteiger partial charge on any atom is -0.493 e. The van der Waals surface area contributed by atoms with Gasteiger partial charge < -0.3 is 14.6 Å². The van der Waals surface area contributed by atoms with Crippen molar-refractivity contribution in [2.45, 2.75) is 26.9 Å². The number of hydrogen-bond acceptors (Lipinski definition) is 3. The Kier molecular flexibility index (Phi) is 4.37. The zero-order valence-corrected chi connectivity index (χ0v) is 10.6. The Hall–Kier alpha value is -1.71. The van der Waals surface area contributed by atoms with Crippen molar-refractivity contribution in [1.29, 1.82) is 0 Å². The lowest BCUT2D eigenvalue weighted by molar-refractivity contribution is -0.147. The van der Waals surface area contributed by atoms with E-state index in [1.54, 1.807) is 19.9 Å². The molecule has 0 bridgehead atoms. The Morgan fingerprint density at radius 1 is 1.29 bits per heavy atom. The predicted octanol–water partition coefficient (Wildman–Crippen LogP) is 2.49. The van der Waals surface area contributed by atoms with Crippen LogP contribution in [0.15, 0.2) is 18.2 Å². The Morgan fingerprint density at radius 3 is 2.41 bits per heavy atom. The fourth-order valence-electron chi connectivity index (χ4n) is 1.48. The third-order valence-electron chi connectivity index (χ3n) is 2.42. The molecule has 1 aromatic rings. The number of aliphatic carboxylic acids is 1. The zero-order chi connectivity index (χ0) is 13.0. The summed E-state index contributed by atoms with van der Waals surface area (Å²) in [5, 5.41) is 9.06. The van der Waals surface area contributed by atoms with Gasteiger partial charge in [-0.3, -0.25) is 0 Å². The van der Waals surface area contributed by atoms with Crippen molar-refractivity contribution in [1.82, 2.24) is 0 Å². The molecule has 0 fully saturated rings. The normalized spacial score (nSPS) is 12.3. The highest BCUT2D eigenvalue weighted by molar-refractivity contribution is 5.73. The quantitative estimate of drug-likeness (QED) is 0.856.